The van der Waals surface area contributed by atoms with E-state index in [-0.39, 0.29) is 5.97 Å². The van der Waals surface area contributed by atoms with Crippen LogP contribution in [0.3, 0.4) is 0 Å². The van der Waals surface area contributed by atoms with E-state index in [9.17, 15) is 9.90 Å². The topological polar surface area (TPSA) is 46.5 Å². The van der Waals surface area contributed by atoms with Crippen molar-refractivity contribution in [2.24, 2.45) is 0 Å². The number of aliphatic hydroxyl groups excluding tert-OH is 1. The van der Waals surface area contributed by atoms with Crippen LogP contribution in [0, 0.1) is 0 Å². The first-order chi connectivity index (χ1) is 13.2. The molecule has 27 heavy (non-hydrogen) atoms. The molecule has 3 nitrogen and oxygen atoms in total. The molecule has 0 heterocycles. The van der Waals surface area contributed by atoms with Gasteiger partial charge in [-0.15, -0.1) is 0 Å². The van der Waals surface area contributed by atoms with Gasteiger partial charge in [0.2, 0.25) is 0 Å². The van der Waals surface area contributed by atoms with Crippen LogP contribution >= 0.6 is 0 Å². The minimum Gasteiger partial charge on any atom is -0.466 e. The molecule has 0 rings (SSSR count). The Morgan fingerprint density at radius 3 is 2.37 bits per heavy atom. The summed E-state index contributed by atoms with van der Waals surface area (Å²) in [6.45, 7) is 4.42. The third kappa shape index (κ3) is 20.3. The number of esters is 1. The van der Waals surface area contributed by atoms with Crippen LogP contribution in [0.25, 0.3) is 0 Å². The van der Waals surface area contributed by atoms with Crippen LogP contribution in [-0.4, -0.2) is 23.8 Å². The summed E-state index contributed by atoms with van der Waals surface area (Å²) in [4.78, 5) is 11.2. The summed E-state index contributed by atoms with van der Waals surface area (Å²) in [6.07, 6.45) is 28.2. The fourth-order valence-corrected chi connectivity index (χ4v) is 2.34. The largest absolute Gasteiger partial charge is 0.466 e. The van der Waals surface area contributed by atoms with E-state index in [1.165, 1.54) is 0 Å². The average Bonchev–Trinajstić information content (AvgIpc) is 2.65. The van der Waals surface area contributed by atoms with E-state index in [0.717, 1.165) is 44.9 Å². The van der Waals surface area contributed by atoms with Gasteiger partial charge in [0, 0.05) is 6.42 Å². The highest BCUT2D eigenvalue weighted by molar-refractivity contribution is 5.69. The molecule has 0 fully saturated rings. The lowest BCUT2D eigenvalue weighted by Gasteiger charge is -2.01. The standard InChI is InChI=1S/C24H38O3/c1-3-5-6-7-8-9-10-11-14-17-20-23(25)21-18-15-12-13-16-19-22-24(26)27-4-2/h5-6,8-9,11,14-15,17-18,20,23,25H,3-4,7,10,12-13,16,19,21-22H2,1-2H3/b6-5-,9-8-,14-11-,18-15-,20-17+/t23-/m0/s1. The quantitative estimate of drug-likeness (QED) is 0.151. The van der Waals surface area contributed by atoms with Crippen molar-refractivity contribution in [2.75, 3.05) is 6.61 Å². The number of unbranched alkanes of at least 4 members (excludes halogenated alkanes) is 3. The van der Waals surface area contributed by atoms with Gasteiger partial charge in [0.15, 0.2) is 0 Å². The van der Waals surface area contributed by atoms with Gasteiger partial charge in [0.05, 0.1) is 12.7 Å². The number of carbonyl (C=O) groups excluding carboxylic acids is 1. The summed E-state index contributed by atoms with van der Waals surface area (Å²) in [7, 11) is 0. The van der Waals surface area contributed by atoms with Crippen molar-refractivity contribution >= 4 is 5.97 Å². The second-order valence-corrected chi connectivity index (χ2v) is 6.31. The zero-order chi connectivity index (χ0) is 20.0. The van der Waals surface area contributed by atoms with E-state index < -0.39 is 6.10 Å². The van der Waals surface area contributed by atoms with Gasteiger partial charge in [0.25, 0.3) is 0 Å². The summed E-state index contributed by atoms with van der Waals surface area (Å²) in [5, 5.41) is 9.88. The molecule has 0 aliphatic heterocycles. The van der Waals surface area contributed by atoms with E-state index in [0.29, 0.717) is 19.4 Å². The van der Waals surface area contributed by atoms with Gasteiger partial charge in [-0.05, 0) is 51.9 Å². The van der Waals surface area contributed by atoms with E-state index in [1.54, 1.807) is 0 Å². The molecule has 1 atom stereocenters. The van der Waals surface area contributed by atoms with Crippen molar-refractivity contribution in [3.8, 4) is 0 Å². The first-order valence-corrected chi connectivity index (χ1v) is 10.3. The van der Waals surface area contributed by atoms with E-state index in [1.807, 2.05) is 31.2 Å². The Kier molecular flexibility index (Phi) is 19.0. The molecule has 0 aromatic carbocycles. The Morgan fingerprint density at radius 1 is 0.889 bits per heavy atom. The highest BCUT2D eigenvalue weighted by atomic mass is 16.5. The average molecular weight is 375 g/mol. The van der Waals surface area contributed by atoms with Crippen molar-refractivity contribution in [3.63, 3.8) is 0 Å². The smallest absolute Gasteiger partial charge is 0.305 e. The monoisotopic (exact) mass is 374 g/mol. The van der Waals surface area contributed by atoms with E-state index >= 15 is 0 Å². The van der Waals surface area contributed by atoms with Crippen LogP contribution in [0.15, 0.2) is 60.8 Å². The second kappa shape index (κ2) is 20.4. The Labute approximate surface area is 166 Å². The number of ether oxygens (including phenoxy) is 1. The Bertz CT molecular complexity index is 484. The van der Waals surface area contributed by atoms with Gasteiger partial charge in [-0.25, -0.2) is 0 Å². The van der Waals surface area contributed by atoms with Crippen LogP contribution in [-0.2, 0) is 9.53 Å². The van der Waals surface area contributed by atoms with Crippen molar-refractivity contribution < 1.29 is 14.6 Å². The lowest BCUT2D eigenvalue weighted by Crippen LogP contribution is -2.02. The van der Waals surface area contributed by atoms with Crippen LogP contribution in [0.1, 0.15) is 71.6 Å². The highest BCUT2D eigenvalue weighted by Crippen LogP contribution is 2.06. The predicted molar refractivity (Wildman–Crippen MR) is 116 cm³/mol. The highest BCUT2D eigenvalue weighted by Gasteiger charge is 1.99. The van der Waals surface area contributed by atoms with Crippen molar-refractivity contribution in [1.29, 1.82) is 0 Å². The number of carbonyl (C=O) groups is 1. The van der Waals surface area contributed by atoms with Crippen LogP contribution in [0.4, 0.5) is 0 Å². The minimum atomic E-state index is -0.440. The summed E-state index contributed by atoms with van der Waals surface area (Å²) in [5.41, 5.74) is 0. The Balaban J connectivity index is 3.63. The molecule has 0 amide bonds. The fourth-order valence-electron chi connectivity index (χ4n) is 2.34. The molecular formula is C24H38O3. The third-order valence-corrected chi connectivity index (χ3v) is 3.80. The molecule has 152 valence electrons. The van der Waals surface area contributed by atoms with Crippen molar-refractivity contribution in [1.82, 2.24) is 0 Å². The predicted octanol–water partition coefficient (Wildman–Crippen LogP) is 6.22. The Morgan fingerprint density at radius 2 is 1.63 bits per heavy atom. The van der Waals surface area contributed by atoms with Crippen LogP contribution in [0.2, 0.25) is 0 Å². The molecule has 0 saturated heterocycles. The zero-order valence-electron chi connectivity index (χ0n) is 17.2. The first kappa shape index (κ1) is 25.1. The van der Waals surface area contributed by atoms with E-state index in [2.05, 4.69) is 43.4 Å². The van der Waals surface area contributed by atoms with Gasteiger partial charge >= 0.3 is 5.97 Å². The minimum absolute atomic E-state index is 0.0999. The summed E-state index contributed by atoms with van der Waals surface area (Å²) in [6, 6.07) is 0. The molecule has 0 aromatic rings. The maximum Gasteiger partial charge on any atom is 0.305 e. The zero-order valence-corrected chi connectivity index (χ0v) is 17.2. The van der Waals surface area contributed by atoms with Gasteiger partial charge in [-0.2, -0.15) is 0 Å². The van der Waals surface area contributed by atoms with Crippen molar-refractivity contribution in [3.05, 3.63) is 60.8 Å². The number of rotatable bonds is 16. The van der Waals surface area contributed by atoms with Crippen LogP contribution in [0.5, 0.6) is 0 Å². The van der Waals surface area contributed by atoms with Gasteiger partial charge in [0.1, 0.15) is 0 Å². The number of aliphatic hydroxyl groups is 1. The van der Waals surface area contributed by atoms with Crippen LogP contribution < -0.4 is 0 Å². The summed E-state index contributed by atoms with van der Waals surface area (Å²) < 4.78 is 4.89. The normalized spacial score (nSPS) is 13.7. The maximum absolute atomic E-state index is 11.2. The SMILES string of the molecule is CC/C=C\C/C=C\C/C=C\C=C\[C@H](O)C/C=C\CCCCCC(=O)OCC. The molecule has 1 N–H and O–H groups in total. The fraction of sp³-hybridized carbons (Fsp3) is 0.542. The molecule has 0 spiro atoms. The molecule has 0 radical (unpaired) electrons. The molecule has 0 aliphatic carbocycles. The molecule has 0 aromatic heterocycles. The van der Waals surface area contributed by atoms with Gasteiger partial charge in [-0.3, -0.25) is 4.79 Å². The molecule has 0 aliphatic rings. The van der Waals surface area contributed by atoms with Crippen molar-refractivity contribution in [2.45, 2.75) is 77.7 Å². The second-order valence-electron chi connectivity index (χ2n) is 6.31. The molecular weight excluding hydrogens is 336 g/mol. The lowest BCUT2D eigenvalue weighted by molar-refractivity contribution is -0.143. The molecule has 0 bridgehead atoms. The lowest BCUT2D eigenvalue weighted by atomic mass is 10.1. The van der Waals surface area contributed by atoms with Gasteiger partial charge in [-0.1, -0.05) is 74.1 Å². The number of allylic oxidation sites excluding steroid dienone is 8. The van der Waals surface area contributed by atoms with E-state index in [4.69, 9.17) is 4.74 Å². The molecule has 0 unspecified atom stereocenters. The van der Waals surface area contributed by atoms with Gasteiger partial charge < -0.3 is 9.84 Å². The molecule has 3 heteroatoms. The summed E-state index contributed by atoms with van der Waals surface area (Å²) in [5.74, 6) is -0.0999. The maximum atomic E-state index is 11.2. The Hall–Kier alpha value is -1.87. The summed E-state index contributed by atoms with van der Waals surface area (Å²) >= 11 is 0. The number of hydrogen-bond donors (Lipinski definition) is 1. The molecule has 0 saturated carbocycles. The first-order valence-electron chi connectivity index (χ1n) is 10.3. The third-order valence-electron chi connectivity index (χ3n) is 3.80. The number of hydrogen-bond acceptors (Lipinski definition) is 3.